The van der Waals surface area contributed by atoms with Crippen LogP contribution in [0.2, 0.25) is 0 Å². The molecular formula is C7H8F3N3O3. The molecule has 0 saturated heterocycles. The summed E-state index contributed by atoms with van der Waals surface area (Å²) in [5, 5.41) is 13.9. The Balaban J connectivity index is 2.56. The largest absolute Gasteiger partial charge is 0.418 e. The summed E-state index contributed by atoms with van der Waals surface area (Å²) in [5.41, 5.74) is -3.01. The van der Waals surface area contributed by atoms with E-state index in [0.717, 1.165) is 6.33 Å². The van der Waals surface area contributed by atoms with Gasteiger partial charge in [-0.25, -0.2) is 0 Å². The van der Waals surface area contributed by atoms with Crippen LogP contribution in [0.3, 0.4) is 0 Å². The van der Waals surface area contributed by atoms with Gasteiger partial charge >= 0.3 is 18.0 Å². The Kier molecular flexibility index (Phi) is 3.17. The van der Waals surface area contributed by atoms with Crippen molar-refractivity contribution in [2.75, 3.05) is 6.54 Å². The second-order valence-corrected chi connectivity index (χ2v) is 3.20. The van der Waals surface area contributed by atoms with Gasteiger partial charge in [0.25, 0.3) is 0 Å². The maximum absolute atomic E-state index is 12.2. The summed E-state index contributed by atoms with van der Waals surface area (Å²) in [7, 11) is 0. The normalized spacial score (nSPS) is 15.6. The van der Waals surface area contributed by atoms with Crippen LogP contribution in [0.15, 0.2) is 10.9 Å². The first kappa shape index (κ1) is 12.4. The summed E-state index contributed by atoms with van der Waals surface area (Å²) in [5.74, 6) is -1.46. The maximum Gasteiger partial charge on any atom is 0.418 e. The van der Waals surface area contributed by atoms with Gasteiger partial charge in [-0.2, -0.15) is 18.2 Å². The molecule has 9 heteroatoms. The molecular weight excluding hydrogens is 231 g/mol. The lowest BCUT2D eigenvalue weighted by molar-refractivity contribution is -0.249. The minimum atomic E-state index is -4.84. The van der Waals surface area contributed by atoms with E-state index in [0.29, 0.717) is 6.92 Å². The Labute approximate surface area is 87.4 Å². The number of hydrogen-bond acceptors (Lipinski definition) is 5. The van der Waals surface area contributed by atoms with Crippen molar-refractivity contribution in [3.63, 3.8) is 0 Å². The average molecular weight is 239 g/mol. The van der Waals surface area contributed by atoms with Crippen molar-refractivity contribution < 1.29 is 27.6 Å². The quantitative estimate of drug-likeness (QED) is 0.781. The third kappa shape index (κ3) is 2.69. The topological polar surface area (TPSA) is 88.2 Å². The zero-order valence-corrected chi connectivity index (χ0v) is 8.08. The molecule has 1 heterocycles. The summed E-state index contributed by atoms with van der Waals surface area (Å²) < 4.78 is 40.8. The molecule has 1 unspecified atom stereocenters. The van der Waals surface area contributed by atoms with Gasteiger partial charge in [-0.1, -0.05) is 5.16 Å². The van der Waals surface area contributed by atoms with Crippen LogP contribution < -0.4 is 5.32 Å². The fourth-order valence-corrected chi connectivity index (χ4v) is 0.701. The summed E-state index contributed by atoms with van der Waals surface area (Å²) >= 11 is 0. The van der Waals surface area contributed by atoms with Gasteiger partial charge in [0.2, 0.25) is 0 Å². The minimum absolute atomic E-state index is 0.474. The molecule has 0 fully saturated rings. The SMILES string of the molecule is CC(O)(CNC(=O)c1ncno1)C(F)(F)F. The highest BCUT2D eigenvalue weighted by molar-refractivity contribution is 5.89. The van der Waals surface area contributed by atoms with Crippen molar-refractivity contribution in [2.24, 2.45) is 0 Å². The molecule has 0 aliphatic rings. The summed E-state index contributed by atoms with van der Waals surface area (Å²) in [6, 6.07) is 0. The van der Waals surface area contributed by atoms with Gasteiger partial charge in [0.1, 0.15) is 0 Å². The molecule has 0 aliphatic carbocycles. The predicted octanol–water partition coefficient (Wildman–Crippen LogP) is 0.113. The monoisotopic (exact) mass is 239 g/mol. The van der Waals surface area contributed by atoms with E-state index in [-0.39, 0.29) is 0 Å². The second kappa shape index (κ2) is 4.08. The molecule has 6 nitrogen and oxygen atoms in total. The van der Waals surface area contributed by atoms with E-state index in [9.17, 15) is 18.0 Å². The van der Waals surface area contributed by atoms with Crippen LogP contribution in [-0.2, 0) is 0 Å². The van der Waals surface area contributed by atoms with E-state index in [4.69, 9.17) is 5.11 Å². The van der Waals surface area contributed by atoms with Gasteiger partial charge in [0.15, 0.2) is 11.9 Å². The van der Waals surface area contributed by atoms with Gasteiger partial charge in [-0.15, -0.1) is 0 Å². The van der Waals surface area contributed by atoms with Gasteiger partial charge in [0, 0.05) is 0 Å². The van der Waals surface area contributed by atoms with Crippen molar-refractivity contribution in [1.82, 2.24) is 15.5 Å². The van der Waals surface area contributed by atoms with E-state index in [2.05, 4.69) is 14.7 Å². The van der Waals surface area contributed by atoms with Crippen LogP contribution in [-0.4, -0.2) is 39.5 Å². The minimum Gasteiger partial charge on any atom is -0.379 e. The van der Waals surface area contributed by atoms with Gasteiger partial charge in [0.05, 0.1) is 6.54 Å². The first-order valence-corrected chi connectivity index (χ1v) is 4.08. The fourth-order valence-electron chi connectivity index (χ4n) is 0.701. The molecule has 0 aromatic carbocycles. The molecule has 0 radical (unpaired) electrons. The molecule has 16 heavy (non-hydrogen) atoms. The van der Waals surface area contributed by atoms with Crippen LogP contribution in [0.5, 0.6) is 0 Å². The third-order valence-corrected chi connectivity index (χ3v) is 1.76. The first-order valence-electron chi connectivity index (χ1n) is 4.08. The number of carbonyl (C=O) groups excluding carboxylic acids is 1. The Hall–Kier alpha value is -1.64. The van der Waals surface area contributed by atoms with E-state index in [1.165, 1.54) is 0 Å². The maximum atomic E-state index is 12.2. The standard InChI is InChI=1S/C7H8F3N3O3/c1-6(15,7(8,9)10)2-11-4(14)5-12-3-13-16-5/h3,15H,2H2,1H3,(H,11,14). The third-order valence-electron chi connectivity index (χ3n) is 1.76. The molecule has 1 rings (SSSR count). The Bertz CT molecular complexity index is 361. The number of aliphatic hydroxyl groups is 1. The number of amides is 1. The summed E-state index contributed by atoms with van der Waals surface area (Å²) in [4.78, 5) is 14.4. The number of nitrogens with one attached hydrogen (secondary N) is 1. The first-order chi connectivity index (χ1) is 7.24. The summed E-state index contributed by atoms with van der Waals surface area (Å²) in [6.07, 6.45) is -3.91. The van der Waals surface area contributed by atoms with Crippen LogP contribution in [0.4, 0.5) is 13.2 Å². The number of rotatable bonds is 3. The predicted molar refractivity (Wildman–Crippen MR) is 43.3 cm³/mol. The number of carbonyl (C=O) groups is 1. The van der Waals surface area contributed by atoms with Crippen molar-refractivity contribution in [2.45, 2.75) is 18.7 Å². The number of aromatic nitrogens is 2. The van der Waals surface area contributed by atoms with Crippen LogP contribution in [0.1, 0.15) is 17.6 Å². The lowest BCUT2D eigenvalue weighted by Crippen LogP contribution is -2.51. The molecule has 2 N–H and O–H groups in total. The highest BCUT2D eigenvalue weighted by atomic mass is 19.4. The van der Waals surface area contributed by atoms with E-state index in [1.807, 2.05) is 5.32 Å². The molecule has 1 aromatic heterocycles. The zero-order valence-electron chi connectivity index (χ0n) is 8.08. The lowest BCUT2D eigenvalue weighted by Gasteiger charge is -2.25. The van der Waals surface area contributed by atoms with Crippen molar-refractivity contribution in [1.29, 1.82) is 0 Å². The van der Waals surface area contributed by atoms with Gasteiger partial charge < -0.3 is 14.9 Å². The van der Waals surface area contributed by atoms with E-state index in [1.54, 1.807) is 0 Å². The number of alkyl halides is 3. The molecule has 0 spiro atoms. The zero-order chi connectivity index (χ0) is 12.4. The van der Waals surface area contributed by atoms with E-state index < -0.39 is 30.1 Å². The molecule has 0 bridgehead atoms. The Morgan fingerprint density at radius 2 is 2.25 bits per heavy atom. The highest BCUT2D eigenvalue weighted by Crippen LogP contribution is 2.29. The van der Waals surface area contributed by atoms with Crippen molar-refractivity contribution in [3.05, 3.63) is 12.2 Å². The van der Waals surface area contributed by atoms with Crippen LogP contribution in [0, 0.1) is 0 Å². The van der Waals surface area contributed by atoms with Gasteiger partial charge in [-0.05, 0) is 6.92 Å². The average Bonchev–Trinajstić information content (AvgIpc) is 2.65. The van der Waals surface area contributed by atoms with Crippen LogP contribution in [0.25, 0.3) is 0 Å². The molecule has 1 atom stereocenters. The Morgan fingerprint density at radius 3 is 2.69 bits per heavy atom. The lowest BCUT2D eigenvalue weighted by atomic mass is 10.1. The summed E-state index contributed by atoms with van der Waals surface area (Å²) in [6.45, 7) is -0.460. The highest BCUT2D eigenvalue weighted by Gasteiger charge is 2.50. The van der Waals surface area contributed by atoms with Crippen molar-refractivity contribution >= 4 is 5.91 Å². The number of hydrogen-bond donors (Lipinski definition) is 2. The van der Waals surface area contributed by atoms with E-state index >= 15 is 0 Å². The molecule has 0 saturated carbocycles. The van der Waals surface area contributed by atoms with Gasteiger partial charge in [-0.3, -0.25) is 4.79 Å². The van der Waals surface area contributed by atoms with Crippen LogP contribution >= 0.6 is 0 Å². The Morgan fingerprint density at radius 1 is 1.62 bits per heavy atom. The molecule has 0 aliphatic heterocycles. The second-order valence-electron chi connectivity index (χ2n) is 3.20. The molecule has 1 aromatic rings. The van der Waals surface area contributed by atoms with Crippen molar-refractivity contribution in [3.8, 4) is 0 Å². The smallest absolute Gasteiger partial charge is 0.379 e. The number of nitrogens with zero attached hydrogens (tertiary/aromatic N) is 2. The number of halogens is 3. The fraction of sp³-hybridized carbons (Fsp3) is 0.571. The molecule has 1 amide bonds. The molecule has 90 valence electrons.